The first-order chi connectivity index (χ1) is 8.65. The van der Waals surface area contributed by atoms with Crippen LogP contribution < -0.4 is 5.32 Å². The van der Waals surface area contributed by atoms with Crippen molar-refractivity contribution >= 4 is 17.3 Å². The van der Waals surface area contributed by atoms with Gasteiger partial charge in [-0.1, -0.05) is 41.9 Å². The molecular formula is C16H16ClN. The van der Waals surface area contributed by atoms with Gasteiger partial charge >= 0.3 is 0 Å². The summed E-state index contributed by atoms with van der Waals surface area (Å²) in [5, 5.41) is 4.35. The maximum absolute atomic E-state index is 6.22. The first-order valence-corrected chi connectivity index (χ1v) is 6.64. The van der Waals surface area contributed by atoms with Crippen LogP contribution >= 0.6 is 11.6 Å². The lowest BCUT2D eigenvalue weighted by Gasteiger charge is -2.13. The summed E-state index contributed by atoms with van der Waals surface area (Å²) in [6.45, 7) is 4.31. The van der Waals surface area contributed by atoms with Gasteiger partial charge in [0.1, 0.15) is 0 Å². The predicted octanol–water partition coefficient (Wildman–Crippen LogP) is 4.67. The van der Waals surface area contributed by atoms with E-state index in [9.17, 15) is 0 Å². The predicted molar refractivity (Wildman–Crippen MR) is 77.4 cm³/mol. The Morgan fingerprint density at radius 1 is 1.11 bits per heavy atom. The molecule has 1 nitrogen and oxygen atoms in total. The van der Waals surface area contributed by atoms with E-state index in [2.05, 4.69) is 43.4 Å². The van der Waals surface area contributed by atoms with Gasteiger partial charge in [0.05, 0.1) is 16.8 Å². The molecule has 0 aromatic heterocycles. The van der Waals surface area contributed by atoms with Crippen LogP contribution in [-0.4, -0.2) is 0 Å². The molecule has 1 aliphatic heterocycles. The SMILES string of the molecule is Cc1ccc(C2Cc3cccc(Cl)c3N2)cc1C. The Labute approximate surface area is 113 Å². The zero-order valence-electron chi connectivity index (χ0n) is 10.6. The molecule has 1 unspecified atom stereocenters. The van der Waals surface area contributed by atoms with E-state index in [4.69, 9.17) is 11.6 Å². The van der Waals surface area contributed by atoms with Crippen LogP contribution in [0.1, 0.15) is 28.3 Å². The number of aryl methyl sites for hydroxylation is 2. The molecule has 2 aromatic rings. The maximum Gasteiger partial charge on any atom is 0.0640 e. The van der Waals surface area contributed by atoms with Crippen LogP contribution in [0.3, 0.4) is 0 Å². The van der Waals surface area contributed by atoms with Crippen molar-refractivity contribution in [2.24, 2.45) is 0 Å². The van der Waals surface area contributed by atoms with Gasteiger partial charge in [0, 0.05) is 0 Å². The van der Waals surface area contributed by atoms with Gasteiger partial charge in [-0.2, -0.15) is 0 Å². The average Bonchev–Trinajstić information content (AvgIpc) is 2.78. The van der Waals surface area contributed by atoms with E-state index >= 15 is 0 Å². The standard InChI is InChI=1S/C16H16ClN/c1-10-6-7-12(8-11(10)2)15-9-13-4-3-5-14(17)16(13)18-15/h3-8,15,18H,9H2,1-2H3. The third-order valence-corrected chi connectivity index (χ3v) is 4.09. The summed E-state index contributed by atoms with van der Waals surface area (Å²) in [6.07, 6.45) is 1.01. The molecule has 3 rings (SSSR count). The highest BCUT2D eigenvalue weighted by atomic mass is 35.5. The molecule has 0 radical (unpaired) electrons. The highest BCUT2D eigenvalue weighted by Crippen LogP contribution is 2.38. The third-order valence-electron chi connectivity index (χ3n) is 3.78. The highest BCUT2D eigenvalue weighted by molar-refractivity contribution is 6.33. The van der Waals surface area contributed by atoms with Crippen LogP contribution in [0, 0.1) is 13.8 Å². The topological polar surface area (TPSA) is 12.0 Å². The molecule has 0 aliphatic carbocycles. The summed E-state index contributed by atoms with van der Waals surface area (Å²) >= 11 is 6.22. The maximum atomic E-state index is 6.22. The van der Waals surface area contributed by atoms with Crippen molar-refractivity contribution < 1.29 is 0 Å². The summed E-state index contributed by atoms with van der Waals surface area (Å²) in [7, 11) is 0. The summed E-state index contributed by atoms with van der Waals surface area (Å²) in [4.78, 5) is 0. The monoisotopic (exact) mass is 257 g/mol. The Bertz CT molecular complexity index is 604. The number of nitrogens with one attached hydrogen (secondary N) is 1. The van der Waals surface area contributed by atoms with E-state index in [1.54, 1.807) is 0 Å². The van der Waals surface area contributed by atoms with Gasteiger partial charge in [0.15, 0.2) is 0 Å². The smallest absolute Gasteiger partial charge is 0.0640 e. The first-order valence-electron chi connectivity index (χ1n) is 6.26. The lowest BCUT2D eigenvalue weighted by atomic mass is 9.99. The van der Waals surface area contributed by atoms with E-state index in [0.29, 0.717) is 6.04 Å². The minimum absolute atomic E-state index is 0.346. The van der Waals surface area contributed by atoms with Crippen LogP contribution in [0.4, 0.5) is 5.69 Å². The molecule has 1 atom stereocenters. The van der Waals surface area contributed by atoms with E-state index in [-0.39, 0.29) is 0 Å². The largest absolute Gasteiger partial charge is 0.376 e. The summed E-state index contributed by atoms with van der Waals surface area (Å²) < 4.78 is 0. The molecule has 0 bridgehead atoms. The fourth-order valence-electron chi connectivity index (χ4n) is 2.53. The Balaban J connectivity index is 1.94. The number of para-hydroxylation sites is 1. The molecule has 0 spiro atoms. The van der Waals surface area contributed by atoms with Crippen molar-refractivity contribution in [2.45, 2.75) is 26.3 Å². The van der Waals surface area contributed by atoms with E-state index in [0.717, 1.165) is 17.1 Å². The lowest BCUT2D eigenvalue weighted by molar-refractivity contribution is 0.822. The van der Waals surface area contributed by atoms with Gasteiger partial charge in [-0.05, 0) is 48.6 Å². The minimum Gasteiger partial charge on any atom is -0.376 e. The molecule has 18 heavy (non-hydrogen) atoms. The molecule has 1 aliphatic rings. The molecule has 0 saturated heterocycles. The molecule has 2 aromatic carbocycles. The van der Waals surface area contributed by atoms with E-state index in [1.807, 2.05) is 12.1 Å². The Morgan fingerprint density at radius 2 is 1.94 bits per heavy atom. The van der Waals surface area contributed by atoms with Gasteiger partial charge in [-0.15, -0.1) is 0 Å². The van der Waals surface area contributed by atoms with Crippen molar-refractivity contribution in [3.8, 4) is 0 Å². The van der Waals surface area contributed by atoms with Gasteiger partial charge in [-0.25, -0.2) is 0 Å². The summed E-state index contributed by atoms with van der Waals surface area (Å²) in [6, 6.07) is 13.1. The Kier molecular flexibility index (Phi) is 2.79. The molecule has 2 heteroatoms. The highest BCUT2D eigenvalue weighted by Gasteiger charge is 2.23. The normalized spacial score (nSPS) is 17.4. The van der Waals surface area contributed by atoms with Crippen molar-refractivity contribution in [1.29, 1.82) is 0 Å². The number of halogens is 1. The zero-order valence-corrected chi connectivity index (χ0v) is 11.4. The van der Waals surface area contributed by atoms with Crippen LogP contribution in [0.15, 0.2) is 36.4 Å². The first kappa shape index (κ1) is 11.6. The molecule has 0 amide bonds. The number of rotatable bonds is 1. The number of benzene rings is 2. The van der Waals surface area contributed by atoms with Gasteiger partial charge in [-0.3, -0.25) is 0 Å². The van der Waals surface area contributed by atoms with Gasteiger partial charge in [0.2, 0.25) is 0 Å². The van der Waals surface area contributed by atoms with Gasteiger partial charge in [0.25, 0.3) is 0 Å². The second-order valence-corrected chi connectivity index (χ2v) is 5.43. The van der Waals surface area contributed by atoms with E-state index < -0.39 is 0 Å². The van der Waals surface area contributed by atoms with Crippen LogP contribution in [0.2, 0.25) is 5.02 Å². The number of hydrogen-bond acceptors (Lipinski definition) is 1. The van der Waals surface area contributed by atoms with Crippen LogP contribution in [0.25, 0.3) is 0 Å². The van der Waals surface area contributed by atoms with Crippen molar-refractivity contribution in [3.63, 3.8) is 0 Å². The molecular weight excluding hydrogens is 242 g/mol. The van der Waals surface area contributed by atoms with Crippen LogP contribution in [-0.2, 0) is 6.42 Å². The second-order valence-electron chi connectivity index (χ2n) is 5.02. The van der Waals surface area contributed by atoms with Crippen molar-refractivity contribution in [3.05, 3.63) is 63.7 Å². The van der Waals surface area contributed by atoms with E-state index in [1.165, 1.54) is 22.3 Å². The molecule has 92 valence electrons. The fraction of sp³-hybridized carbons (Fsp3) is 0.250. The number of hydrogen-bond donors (Lipinski definition) is 1. The second kappa shape index (κ2) is 4.33. The molecule has 0 saturated carbocycles. The zero-order chi connectivity index (χ0) is 12.7. The summed E-state index contributed by atoms with van der Waals surface area (Å²) in [5.74, 6) is 0. The van der Waals surface area contributed by atoms with Crippen molar-refractivity contribution in [2.75, 3.05) is 5.32 Å². The quantitative estimate of drug-likeness (QED) is 0.783. The summed E-state index contributed by atoms with van der Waals surface area (Å²) in [5.41, 5.74) is 6.43. The lowest BCUT2D eigenvalue weighted by Crippen LogP contribution is -2.06. The Morgan fingerprint density at radius 3 is 2.67 bits per heavy atom. The fourth-order valence-corrected chi connectivity index (χ4v) is 2.78. The minimum atomic E-state index is 0.346. The van der Waals surface area contributed by atoms with Crippen LogP contribution in [0.5, 0.6) is 0 Å². The Hall–Kier alpha value is -1.47. The average molecular weight is 258 g/mol. The van der Waals surface area contributed by atoms with Crippen molar-refractivity contribution in [1.82, 2.24) is 0 Å². The third kappa shape index (κ3) is 1.89. The molecule has 1 heterocycles. The molecule has 1 N–H and O–H groups in total. The van der Waals surface area contributed by atoms with Gasteiger partial charge < -0.3 is 5.32 Å². The molecule has 0 fully saturated rings. The number of fused-ring (bicyclic) bond motifs is 1. The number of anilines is 1.